The molecule has 0 saturated carbocycles. The van der Waals surface area contributed by atoms with Gasteiger partial charge >= 0.3 is 0 Å². The number of rotatable bonds is 2. The molecule has 2 aromatic carbocycles. The first-order chi connectivity index (χ1) is 13.5. The molecular weight excluding hydrogens is 386 g/mol. The van der Waals surface area contributed by atoms with Crippen molar-refractivity contribution in [3.8, 4) is 11.1 Å². The predicted molar refractivity (Wildman–Crippen MR) is 106 cm³/mol. The van der Waals surface area contributed by atoms with Gasteiger partial charge in [-0.05, 0) is 30.7 Å². The normalized spacial score (nSPS) is 22.1. The van der Waals surface area contributed by atoms with Crippen molar-refractivity contribution in [1.82, 2.24) is 0 Å². The van der Waals surface area contributed by atoms with Crippen LogP contribution in [-0.2, 0) is 4.74 Å². The van der Waals surface area contributed by atoms with E-state index in [0.29, 0.717) is 11.3 Å². The number of ether oxygens (including phenoxy) is 1. The Balaban J connectivity index is 1.64. The lowest BCUT2D eigenvalue weighted by atomic mass is 9.85. The first-order valence-electron chi connectivity index (χ1n) is 9.16. The molecule has 2 saturated heterocycles. The molecule has 0 radical (unpaired) electrons. The molecule has 2 aromatic rings. The summed E-state index contributed by atoms with van der Waals surface area (Å²) in [5.41, 5.74) is 9.56. The van der Waals surface area contributed by atoms with Gasteiger partial charge < -0.3 is 20.7 Å². The molecule has 5 rings (SSSR count). The summed E-state index contributed by atoms with van der Waals surface area (Å²) < 4.78 is 33.9. The number of anilines is 2. The minimum atomic E-state index is -0.788. The minimum absolute atomic E-state index is 0.207. The second-order valence-corrected chi connectivity index (χ2v) is 8.09. The Morgan fingerprint density at radius 1 is 1.25 bits per heavy atom. The highest BCUT2D eigenvalue weighted by molar-refractivity contribution is 6.31. The Hall–Kier alpha value is -2.22. The molecule has 5 nitrogen and oxygen atoms in total. The van der Waals surface area contributed by atoms with Gasteiger partial charge in [0, 0.05) is 40.9 Å². The average Bonchev–Trinajstić information content (AvgIpc) is 3.13. The summed E-state index contributed by atoms with van der Waals surface area (Å²) in [6.45, 7) is 3.31. The molecule has 1 unspecified atom stereocenters. The smallest absolute Gasteiger partial charge is 0.152 e. The van der Waals surface area contributed by atoms with E-state index >= 15 is 0 Å². The van der Waals surface area contributed by atoms with Crippen LogP contribution in [0.25, 0.3) is 11.1 Å². The third-order valence-corrected chi connectivity index (χ3v) is 6.21. The van der Waals surface area contributed by atoms with Crippen LogP contribution in [0, 0.1) is 17.0 Å². The van der Waals surface area contributed by atoms with Gasteiger partial charge in [0.1, 0.15) is 17.0 Å². The van der Waals surface area contributed by atoms with Crippen LogP contribution in [0.3, 0.4) is 0 Å². The van der Waals surface area contributed by atoms with Crippen LogP contribution in [-0.4, -0.2) is 32.6 Å². The molecule has 0 bridgehead atoms. The molecule has 0 amide bonds. The van der Waals surface area contributed by atoms with Gasteiger partial charge in [0.2, 0.25) is 0 Å². The maximum absolute atomic E-state index is 14.8. The molecule has 0 aliphatic carbocycles. The number of nitrogens with one attached hydrogen (secondary N) is 1. The van der Waals surface area contributed by atoms with E-state index in [2.05, 4.69) is 15.2 Å². The summed E-state index contributed by atoms with van der Waals surface area (Å²) in [6.07, 6.45) is 1.99. The van der Waals surface area contributed by atoms with Crippen molar-refractivity contribution < 1.29 is 13.5 Å². The molecule has 1 spiro atoms. The fourth-order valence-corrected chi connectivity index (χ4v) is 4.38. The summed E-state index contributed by atoms with van der Waals surface area (Å²) in [5, 5.41) is 2.55. The lowest BCUT2D eigenvalue weighted by Gasteiger charge is -2.38. The molecule has 1 atom stereocenters. The quantitative estimate of drug-likeness (QED) is 0.745. The van der Waals surface area contributed by atoms with Crippen molar-refractivity contribution in [2.75, 3.05) is 36.5 Å². The van der Waals surface area contributed by atoms with Crippen molar-refractivity contribution in [2.45, 2.75) is 12.6 Å². The van der Waals surface area contributed by atoms with Gasteiger partial charge in [0.15, 0.2) is 5.82 Å². The topological polar surface area (TPSA) is 62.9 Å². The van der Waals surface area contributed by atoms with Gasteiger partial charge in [-0.1, -0.05) is 11.6 Å². The Labute approximate surface area is 166 Å². The van der Waals surface area contributed by atoms with Crippen LogP contribution < -0.4 is 16.0 Å². The van der Waals surface area contributed by atoms with Gasteiger partial charge in [-0.25, -0.2) is 8.78 Å². The van der Waals surface area contributed by atoms with E-state index in [9.17, 15) is 8.78 Å². The maximum Gasteiger partial charge on any atom is 0.152 e. The molecular formula is C20H19ClF2N4O. The van der Waals surface area contributed by atoms with Crippen LogP contribution in [0.1, 0.15) is 18.2 Å². The van der Waals surface area contributed by atoms with E-state index in [1.165, 1.54) is 18.5 Å². The number of hydrogen-bond acceptors (Lipinski definition) is 5. The number of aliphatic imine (C=N–C) groups is 1. The van der Waals surface area contributed by atoms with Crippen LogP contribution >= 0.6 is 11.6 Å². The molecule has 146 valence electrons. The number of nitrogens with zero attached hydrogens (tertiary/aromatic N) is 2. The van der Waals surface area contributed by atoms with Gasteiger partial charge in [-0.3, -0.25) is 4.99 Å². The Kier molecular flexibility index (Phi) is 4.08. The van der Waals surface area contributed by atoms with Crippen LogP contribution in [0.5, 0.6) is 0 Å². The van der Waals surface area contributed by atoms with Crippen molar-refractivity contribution in [1.29, 1.82) is 0 Å². The highest BCUT2D eigenvalue weighted by atomic mass is 35.5. The third kappa shape index (κ3) is 2.69. The Bertz CT molecular complexity index is 993. The van der Waals surface area contributed by atoms with Crippen molar-refractivity contribution >= 4 is 29.3 Å². The molecule has 3 aliphatic heterocycles. The highest BCUT2D eigenvalue weighted by Gasteiger charge is 2.44. The number of nitrogens with two attached hydrogens (primary N) is 1. The summed E-state index contributed by atoms with van der Waals surface area (Å²) in [7, 11) is 0. The lowest BCUT2D eigenvalue weighted by Crippen LogP contribution is -2.44. The molecule has 28 heavy (non-hydrogen) atoms. The largest absolute Gasteiger partial charge is 0.380 e. The summed E-state index contributed by atoms with van der Waals surface area (Å²) >= 11 is 5.83. The summed E-state index contributed by atoms with van der Waals surface area (Å²) in [6, 6.07) is 6.48. The second kappa shape index (κ2) is 6.40. The lowest BCUT2D eigenvalue weighted by molar-refractivity contribution is -0.0985. The van der Waals surface area contributed by atoms with E-state index in [1.54, 1.807) is 0 Å². The van der Waals surface area contributed by atoms with Crippen molar-refractivity contribution in [3.63, 3.8) is 0 Å². The van der Waals surface area contributed by atoms with Crippen LogP contribution in [0.2, 0.25) is 5.02 Å². The SMILES string of the molecule is NC1N=CNc2c(-c3ccc(F)c(Cl)c3F)cc(N3CCC4(COC4)C3)cc21. The molecule has 3 N–H and O–H groups in total. The zero-order chi connectivity index (χ0) is 19.5. The van der Waals surface area contributed by atoms with E-state index in [4.69, 9.17) is 22.1 Å². The maximum atomic E-state index is 14.8. The Morgan fingerprint density at radius 2 is 2.07 bits per heavy atom. The zero-order valence-corrected chi connectivity index (χ0v) is 15.8. The highest BCUT2D eigenvalue weighted by Crippen LogP contribution is 2.44. The second-order valence-electron chi connectivity index (χ2n) is 7.71. The number of halogens is 3. The van der Waals surface area contributed by atoms with Gasteiger partial charge in [-0.2, -0.15) is 0 Å². The zero-order valence-electron chi connectivity index (χ0n) is 15.0. The molecule has 3 heterocycles. The minimum Gasteiger partial charge on any atom is -0.380 e. The standard InChI is InChI=1S/C20H19ClF2N4O/c21-16-15(22)2-1-12(17(16)23)13-5-11(6-14-18(13)25-10-26-19(14)24)27-4-3-20(7-27)8-28-9-20/h1-2,5-6,10,19H,3-4,7-9,24H2,(H,25,26). The Morgan fingerprint density at radius 3 is 2.79 bits per heavy atom. The predicted octanol–water partition coefficient (Wildman–Crippen LogP) is 3.92. The van der Waals surface area contributed by atoms with E-state index in [-0.39, 0.29) is 11.0 Å². The van der Waals surface area contributed by atoms with Crippen LogP contribution in [0.15, 0.2) is 29.3 Å². The molecule has 3 aliphatic rings. The number of fused-ring (bicyclic) bond motifs is 1. The van der Waals surface area contributed by atoms with E-state index < -0.39 is 22.8 Å². The van der Waals surface area contributed by atoms with E-state index in [0.717, 1.165) is 44.0 Å². The molecule has 2 fully saturated rings. The van der Waals surface area contributed by atoms with Crippen LogP contribution in [0.4, 0.5) is 20.2 Å². The summed E-state index contributed by atoms with van der Waals surface area (Å²) in [4.78, 5) is 6.47. The summed E-state index contributed by atoms with van der Waals surface area (Å²) in [5.74, 6) is -1.57. The molecule has 8 heteroatoms. The number of benzene rings is 2. The molecule has 0 aromatic heterocycles. The van der Waals surface area contributed by atoms with Gasteiger partial charge in [0.25, 0.3) is 0 Å². The van der Waals surface area contributed by atoms with Gasteiger partial charge in [-0.15, -0.1) is 0 Å². The van der Waals surface area contributed by atoms with Crippen molar-refractivity contribution in [2.24, 2.45) is 16.1 Å². The third-order valence-electron chi connectivity index (χ3n) is 5.86. The fraction of sp³-hybridized carbons (Fsp3) is 0.350. The number of hydrogen-bond donors (Lipinski definition) is 2. The monoisotopic (exact) mass is 404 g/mol. The van der Waals surface area contributed by atoms with E-state index in [1.807, 2.05) is 12.1 Å². The first-order valence-corrected chi connectivity index (χ1v) is 9.54. The van der Waals surface area contributed by atoms with Crippen molar-refractivity contribution in [3.05, 3.63) is 46.5 Å². The first kappa shape index (κ1) is 17.8. The fourth-order valence-electron chi connectivity index (χ4n) is 4.22. The van der Waals surface area contributed by atoms with Gasteiger partial charge in [0.05, 0.1) is 25.2 Å². The average molecular weight is 405 g/mol.